The van der Waals surface area contributed by atoms with Crippen molar-refractivity contribution in [2.24, 2.45) is 0 Å². The summed E-state index contributed by atoms with van der Waals surface area (Å²) < 4.78 is 7.27. The number of hydrogen-bond acceptors (Lipinski definition) is 6. The first-order chi connectivity index (χ1) is 11.6. The molecule has 0 spiro atoms. The second-order valence-electron chi connectivity index (χ2n) is 5.03. The number of carbonyl (C=O) groups excluding carboxylic acids is 1. The van der Waals surface area contributed by atoms with Crippen LogP contribution in [0.2, 0.25) is 0 Å². The summed E-state index contributed by atoms with van der Waals surface area (Å²) in [7, 11) is 0. The highest BCUT2D eigenvalue weighted by molar-refractivity contribution is 9.10. The van der Waals surface area contributed by atoms with Gasteiger partial charge in [0.15, 0.2) is 10.9 Å². The Morgan fingerprint density at radius 3 is 2.92 bits per heavy atom. The molecule has 0 unspecified atom stereocenters. The van der Waals surface area contributed by atoms with E-state index in [9.17, 15) is 4.79 Å². The maximum Gasteiger partial charge on any atom is 0.264 e. The topological polar surface area (TPSA) is 64.1 Å². The van der Waals surface area contributed by atoms with Crippen LogP contribution in [0.15, 0.2) is 27.0 Å². The van der Waals surface area contributed by atoms with E-state index in [0.29, 0.717) is 10.9 Å². The molecule has 24 heavy (non-hydrogen) atoms. The number of carbonyl (C=O) groups is 1. The van der Waals surface area contributed by atoms with Crippen LogP contribution in [-0.2, 0) is 11.2 Å². The van der Waals surface area contributed by atoms with Gasteiger partial charge in [-0.1, -0.05) is 49.4 Å². The van der Waals surface area contributed by atoms with Crippen molar-refractivity contribution in [3.8, 4) is 5.75 Å². The van der Waals surface area contributed by atoms with Crippen molar-refractivity contribution in [2.75, 3.05) is 17.7 Å². The maximum atomic E-state index is 12.0. The van der Waals surface area contributed by atoms with Gasteiger partial charge in [0.05, 0.1) is 4.47 Å². The molecule has 5 nitrogen and oxygen atoms in total. The molecule has 1 N–H and O–H groups in total. The lowest BCUT2D eigenvalue weighted by Gasteiger charge is -2.08. The highest BCUT2D eigenvalue weighted by Crippen LogP contribution is 2.27. The number of aromatic nitrogens is 2. The van der Waals surface area contributed by atoms with Gasteiger partial charge in [-0.05, 0) is 46.5 Å². The molecule has 0 fully saturated rings. The van der Waals surface area contributed by atoms with E-state index < -0.39 is 0 Å². The molecule has 1 aromatic carbocycles. The number of hydrogen-bond donors (Lipinski definition) is 1. The van der Waals surface area contributed by atoms with Crippen LogP contribution in [0.3, 0.4) is 0 Å². The van der Waals surface area contributed by atoms with Crippen LogP contribution < -0.4 is 10.1 Å². The molecule has 0 aliphatic carbocycles. The standard InChI is InChI=1S/C16H20BrN3O2S2/c1-3-5-8-23-16-20-19-15(24-16)18-14(21)10-22-13-7-6-11(4-2)9-12(13)17/h6-7,9H,3-5,8,10H2,1-2H3,(H,18,19,21). The van der Waals surface area contributed by atoms with Crippen molar-refractivity contribution >= 4 is 50.1 Å². The fraction of sp³-hybridized carbons (Fsp3) is 0.438. The minimum Gasteiger partial charge on any atom is -0.483 e. The minimum atomic E-state index is -0.247. The van der Waals surface area contributed by atoms with E-state index in [2.05, 4.69) is 45.3 Å². The second kappa shape index (κ2) is 10.0. The zero-order valence-corrected chi connectivity index (χ0v) is 16.9. The van der Waals surface area contributed by atoms with Crippen LogP contribution in [0.5, 0.6) is 5.75 Å². The molecule has 0 radical (unpaired) electrons. The van der Waals surface area contributed by atoms with Gasteiger partial charge in [-0.25, -0.2) is 0 Å². The number of amides is 1. The Kier molecular flexibility index (Phi) is 8.01. The van der Waals surface area contributed by atoms with Gasteiger partial charge in [0.2, 0.25) is 5.13 Å². The average molecular weight is 430 g/mol. The van der Waals surface area contributed by atoms with Gasteiger partial charge >= 0.3 is 0 Å². The smallest absolute Gasteiger partial charge is 0.264 e. The van der Waals surface area contributed by atoms with E-state index >= 15 is 0 Å². The van der Waals surface area contributed by atoms with Crippen molar-refractivity contribution in [2.45, 2.75) is 37.4 Å². The van der Waals surface area contributed by atoms with Gasteiger partial charge < -0.3 is 4.74 Å². The van der Waals surface area contributed by atoms with Crippen LogP contribution in [-0.4, -0.2) is 28.5 Å². The first kappa shape index (κ1) is 19.2. The number of anilines is 1. The molecule has 0 aliphatic heterocycles. The Morgan fingerprint density at radius 1 is 1.38 bits per heavy atom. The first-order valence-electron chi connectivity index (χ1n) is 7.79. The molecule has 8 heteroatoms. The van der Waals surface area contributed by atoms with E-state index in [1.165, 1.54) is 16.9 Å². The fourth-order valence-corrected chi connectivity index (χ4v) is 4.27. The van der Waals surface area contributed by atoms with Crippen LogP contribution in [0, 0.1) is 0 Å². The Morgan fingerprint density at radius 2 is 2.21 bits per heavy atom. The summed E-state index contributed by atoms with van der Waals surface area (Å²) >= 11 is 6.51. The number of nitrogens with one attached hydrogen (secondary N) is 1. The summed E-state index contributed by atoms with van der Waals surface area (Å²) in [4.78, 5) is 12.0. The maximum absolute atomic E-state index is 12.0. The Labute approximate surface area is 158 Å². The highest BCUT2D eigenvalue weighted by atomic mass is 79.9. The van der Waals surface area contributed by atoms with Crippen LogP contribution >= 0.6 is 39.0 Å². The van der Waals surface area contributed by atoms with Crippen LogP contribution in [0.25, 0.3) is 0 Å². The predicted octanol–water partition coefficient (Wildman–Crippen LogP) is 4.77. The lowest BCUT2D eigenvalue weighted by molar-refractivity contribution is -0.118. The summed E-state index contributed by atoms with van der Waals surface area (Å²) in [6.45, 7) is 4.18. The van der Waals surface area contributed by atoms with Crippen molar-refractivity contribution in [3.63, 3.8) is 0 Å². The van der Waals surface area contributed by atoms with Gasteiger partial charge in [-0.2, -0.15) is 0 Å². The predicted molar refractivity (Wildman–Crippen MR) is 103 cm³/mol. The fourth-order valence-electron chi connectivity index (χ4n) is 1.80. The number of ether oxygens (including phenoxy) is 1. The molecular weight excluding hydrogens is 410 g/mol. The van der Waals surface area contributed by atoms with Crippen molar-refractivity contribution in [3.05, 3.63) is 28.2 Å². The van der Waals surface area contributed by atoms with E-state index in [0.717, 1.165) is 33.8 Å². The van der Waals surface area contributed by atoms with Crippen LogP contribution in [0.4, 0.5) is 5.13 Å². The normalized spacial score (nSPS) is 10.6. The molecule has 2 aromatic rings. The number of unbranched alkanes of at least 4 members (excludes halogenated alkanes) is 1. The monoisotopic (exact) mass is 429 g/mol. The van der Waals surface area contributed by atoms with E-state index in [4.69, 9.17) is 4.74 Å². The summed E-state index contributed by atoms with van der Waals surface area (Å²) in [5, 5.41) is 11.3. The molecule has 0 atom stereocenters. The number of halogens is 1. The molecule has 0 bridgehead atoms. The third kappa shape index (κ3) is 6.07. The Hall–Kier alpha value is -1.12. The first-order valence-corrected chi connectivity index (χ1v) is 10.4. The van der Waals surface area contributed by atoms with Crippen molar-refractivity contribution in [1.29, 1.82) is 0 Å². The lowest BCUT2D eigenvalue weighted by Crippen LogP contribution is -2.20. The molecule has 0 saturated carbocycles. The Balaban J connectivity index is 1.81. The lowest BCUT2D eigenvalue weighted by atomic mass is 10.2. The summed E-state index contributed by atoms with van der Waals surface area (Å²) in [5.41, 5.74) is 1.21. The molecule has 1 aromatic heterocycles. The molecule has 130 valence electrons. The number of nitrogens with zero attached hydrogens (tertiary/aromatic N) is 2. The molecule has 1 amide bonds. The zero-order chi connectivity index (χ0) is 17.4. The largest absolute Gasteiger partial charge is 0.483 e. The highest BCUT2D eigenvalue weighted by Gasteiger charge is 2.10. The van der Waals surface area contributed by atoms with Crippen LogP contribution in [0.1, 0.15) is 32.3 Å². The number of thioether (sulfide) groups is 1. The third-order valence-corrected chi connectivity index (χ3v) is 5.82. The number of aryl methyl sites for hydroxylation is 1. The van der Waals surface area contributed by atoms with Crippen molar-refractivity contribution < 1.29 is 9.53 Å². The second-order valence-corrected chi connectivity index (χ2v) is 8.20. The Bertz CT molecular complexity index is 679. The average Bonchev–Trinajstić information content (AvgIpc) is 3.01. The summed E-state index contributed by atoms with van der Waals surface area (Å²) in [6.07, 6.45) is 3.25. The third-order valence-electron chi connectivity index (χ3n) is 3.14. The minimum absolute atomic E-state index is 0.0675. The number of benzene rings is 1. The van der Waals surface area contributed by atoms with E-state index in [1.54, 1.807) is 11.8 Å². The van der Waals surface area contributed by atoms with E-state index in [1.807, 2.05) is 18.2 Å². The quantitative estimate of drug-likeness (QED) is 0.353. The molecule has 2 rings (SSSR count). The number of rotatable bonds is 9. The zero-order valence-electron chi connectivity index (χ0n) is 13.7. The van der Waals surface area contributed by atoms with E-state index in [-0.39, 0.29) is 12.5 Å². The van der Waals surface area contributed by atoms with Gasteiger partial charge in [0.25, 0.3) is 5.91 Å². The molecular formula is C16H20BrN3O2S2. The van der Waals surface area contributed by atoms with Crippen molar-refractivity contribution in [1.82, 2.24) is 10.2 Å². The molecule has 1 heterocycles. The summed E-state index contributed by atoms with van der Waals surface area (Å²) in [6, 6.07) is 5.85. The molecule has 0 aliphatic rings. The van der Waals surface area contributed by atoms with Gasteiger partial charge in [0.1, 0.15) is 5.75 Å². The van der Waals surface area contributed by atoms with Gasteiger partial charge in [-0.15, -0.1) is 10.2 Å². The SMILES string of the molecule is CCCCSc1nnc(NC(=O)COc2ccc(CC)cc2Br)s1. The van der Waals surface area contributed by atoms with Gasteiger partial charge in [-0.3, -0.25) is 10.1 Å². The van der Waals surface area contributed by atoms with Gasteiger partial charge in [0, 0.05) is 5.75 Å². The molecule has 0 saturated heterocycles. The summed E-state index contributed by atoms with van der Waals surface area (Å²) in [5.74, 6) is 1.42.